The fourth-order valence-corrected chi connectivity index (χ4v) is 2.19. The van der Waals surface area contributed by atoms with E-state index in [9.17, 15) is 18.0 Å². The summed E-state index contributed by atoms with van der Waals surface area (Å²) in [6.07, 6.45) is -3.09. The van der Waals surface area contributed by atoms with E-state index < -0.39 is 24.1 Å². The molecule has 5 nitrogen and oxygen atoms in total. The van der Waals surface area contributed by atoms with E-state index in [0.717, 1.165) is 0 Å². The zero-order valence-electron chi connectivity index (χ0n) is 10.3. The first kappa shape index (κ1) is 13.9. The zero-order valence-corrected chi connectivity index (χ0v) is 10.3. The van der Waals surface area contributed by atoms with Crippen molar-refractivity contribution in [3.63, 3.8) is 0 Å². The summed E-state index contributed by atoms with van der Waals surface area (Å²) in [7, 11) is 1.24. The first-order valence-corrected chi connectivity index (χ1v) is 5.76. The Kier molecular flexibility index (Phi) is 3.53. The molecule has 1 aliphatic rings. The Bertz CT molecular complexity index is 484. The number of carbonyl (C=O) groups is 1. The molecule has 8 heteroatoms. The van der Waals surface area contributed by atoms with Crippen LogP contribution in [-0.2, 0) is 22.5 Å². The molecule has 2 N–H and O–H groups in total. The van der Waals surface area contributed by atoms with Gasteiger partial charge in [0.05, 0.1) is 31.2 Å². The third-order valence-corrected chi connectivity index (χ3v) is 3.16. The van der Waals surface area contributed by atoms with Crippen LogP contribution in [0.2, 0.25) is 0 Å². The molecule has 19 heavy (non-hydrogen) atoms. The molecule has 0 aromatic carbocycles. The van der Waals surface area contributed by atoms with Gasteiger partial charge in [0, 0.05) is 12.7 Å². The molecule has 0 aliphatic carbocycles. The monoisotopic (exact) mass is 277 g/mol. The molecule has 0 saturated heterocycles. The molecule has 0 saturated carbocycles. The second-order valence-corrected chi connectivity index (χ2v) is 4.58. The van der Waals surface area contributed by atoms with E-state index in [1.54, 1.807) is 0 Å². The average molecular weight is 277 g/mol. The van der Waals surface area contributed by atoms with Gasteiger partial charge in [0.1, 0.15) is 5.82 Å². The Morgan fingerprint density at radius 1 is 1.63 bits per heavy atom. The summed E-state index contributed by atoms with van der Waals surface area (Å²) in [6, 6.07) is -0.772. The van der Waals surface area contributed by atoms with Gasteiger partial charge in [0.15, 0.2) is 0 Å². The molecule has 0 fully saturated rings. The molecule has 1 aromatic rings. The maximum absolute atomic E-state index is 12.7. The van der Waals surface area contributed by atoms with Crippen LogP contribution in [-0.4, -0.2) is 28.8 Å². The van der Waals surface area contributed by atoms with E-state index in [0.29, 0.717) is 11.5 Å². The normalized spacial score (nSPS) is 23.0. The summed E-state index contributed by atoms with van der Waals surface area (Å²) in [4.78, 5) is 15.2. The van der Waals surface area contributed by atoms with E-state index in [4.69, 9.17) is 5.73 Å². The van der Waals surface area contributed by atoms with Crippen LogP contribution < -0.4 is 5.73 Å². The lowest BCUT2D eigenvalue weighted by atomic mass is 9.95. The van der Waals surface area contributed by atoms with Crippen molar-refractivity contribution in [3.8, 4) is 0 Å². The number of hydrogen-bond donors (Lipinski definition) is 1. The highest BCUT2D eigenvalue weighted by molar-refractivity contribution is 5.71. The number of rotatable bonds is 2. The Morgan fingerprint density at radius 2 is 2.32 bits per heavy atom. The van der Waals surface area contributed by atoms with Crippen LogP contribution in [0.15, 0.2) is 6.20 Å². The van der Waals surface area contributed by atoms with Crippen molar-refractivity contribution in [3.05, 3.63) is 17.7 Å². The number of fused-ring (bicyclic) bond motifs is 1. The van der Waals surface area contributed by atoms with Gasteiger partial charge in [-0.15, -0.1) is 0 Å². The minimum absolute atomic E-state index is 0.0695. The second-order valence-electron chi connectivity index (χ2n) is 4.58. The predicted molar refractivity (Wildman–Crippen MR) is 59.0 cm³/mol. The summed E-state index contributed by atoms with van der Waals surface area (Å²) in [5.74, 6) is -1.58. The highest BCUT2D eigenvalue weighted by atomic mass is 19.4. The number of hydrogen-bond acceptors (Lipinski definition) is 4. The summed E-state index contributed by atoms with van der Waals surface area (Å²) in [6.45, 7) is -0.208. The van der Waals surface area contributed by atoms with Gasteiger partial charge in [-0.2, -0.15) is 13.2 Å². The van der Waals surface area contributed by atoms with Crippen LogP contribution in [0.25, 0.3) is 0 Å². The molecule has 2 heterocycles. The number of methoxy groups -OCH3 is 1. The van der Waals surface area contributed by atoms with Crippen LogP contribution in [0.4, 0.5) is 13.2 Å². The average Bonchev–Trinajstić information content (AvgIpc) is 2.70. The Labute approximate surface area is 107 Å². The molecule has 0 bridgehead atoms. The van der Waals surface area contributed by atoms with Crippen molar-refractivity contribution in [1.82, 2.24) is 9.55 Å². The van der Waals surface area contributed by atoms with Gasteiger partial charge in [-0.25, -0.2) is 4.98 Å². The minimum Gasteiger partial charge on any atom is -0.469 e. The first-order chi connectivity index (χ1) is 8.81. The minimum atomic E-state index is -4.28. The quantitative estimate of drug-likeness (QED) is 0.824. The largest absolute Gasteiger partial charge is 0.469 e. The van der Waals surface area contributed by atoms with Gasteiger partial charge in [0.25, 0.3) is 0 Å². The van der Waals surface area contributed by atoms with Gasteiger partial charge in [0.2, 0.25) is 0 Å². The lowest BCUT2D eigenvalue weighted by Gasteiger charge is -2.29. The predicted octanol–water partition coefficient (Wildman–Crippen LogP) is 1.18. The van der Waals surface area contributed by atoms with Crippen molar-refractivity contribution in [2.75, 3.05) is 7.11 Å². The Hall–Kier alpha value is -1.57. The summed E-state index contributed by atoms with van der Waals surface area (Å²) in [5.41, 5.74) is 6.09. The van der Waals surface area contributed by atoms with Crippen LogP contribution in [0.3, 0.4) is 0 Å². The van der Waals surface area contributed by atoms with E-state index >= 15 is 0 Å². The Morgan fingerprint density at radius 3 is 2.89 bits per heavy atom. The van der Waals surface area contributed by atoms with Gasteiger partial charge >= 0.3 is 12.1 Å². The van der Waals surface area contributed by atoms with Crippen molar-refractivity contribution in [2.45, 2.75) is 31.6 Å². The lowest BCUT2D eigenvalue weighted by Crippen LogP contribution is -2.36. The first-order valence-electron chi connectivity index (χ1n) is 5.76. The third kappa shape index (κ3) is 2.89. The number of alkyl halides is 3. The molecular formula is C11H14F3N3O2. The van der Waals surface area contributed by atoms with Crippen molar-refractivity contribution in [1.29, 1.82) is 0 Å². The molecule has 2 rings (SSSR count). The molecule has 0 radical (unpaired) electrons. The molecule has 2 unspecified atom stereocenters. The number of halogens is 3. The fourth-order valence-electron chi connectivity index (χ4n) is 2.19. The smallest absolute Gasteiger partial charge is 0.393 e. The standard InChI is InChI=1S/C11H14F3N3O2/c1-19-9(18)3-7-5-17-4-6(11(12,13)14)2-8(15)10(17)16-7/h5-6,8H,2-4,15H2,1H3. The molecule has 2 atom stereocenters. The number of esters is 1. The number of nitrogens with two attached hydrogens (primary N) is 1. The van der Waals surface area contributed by atoms with E-state index in [1.165, 1.54) is 17.9 Å². The Balaban J connectivity index is 2.21. The number of carbonyl (C=O) groups excluding carboxylic acids is 1. The fraction of sp³-hybridized carbons (Fsp3) is 0.636. The summed E-state index contributed by atoms with van der Waals surface area (Å²) in [5, 5.41) is 0. The van der Waals surface area contributed by atoms with Crippen molar-refractivity contribution in [2.24, 2.45) is 11.7 Å². The summed E-state index contributed by atoms with van der Waals surface area (Å²) < 4.78 is 44.0. The number of ether oxygens (including phenoxy) is 1. The van der Waals surface area contributed by atoms with Gasteiger partial charge in [-0.05, 0) is 6.42 Å². The highest BCUT2D eigenvalue weighted by Crippen LogP contribution is 2.37. The van der Waals surface area contributed by atoms with Crippen molar-refractivity contribution < 1.29 is 22.7 Å². The van der Waals surface area contributed by atoms with Gasteiger partial charge in [-0.3, -0.25) is 4.79 Å². The number of aromatic nitrogens is 2. The maximum atomic E-state index is 12.7. The maximum Gasteiger partial charge on any atom is 0.393 e. The van der Waals surface area contributed by atoms with Gasteiger partial charge < -0.3 is 15.0 Å². The highest BCUT2D eigenvalue weighted by Gasteiger charge is 2.44. The molecule has 1 aliphatic heterocycles. The SMILES string of the molecule is COC(=O)Cc1cn2c(n1)C(N)CC(C(F)(F)F)C2. The van der Waals surface area contributed by atoms with E-state index in [2.05, 4.69) is 9.72 Å². The van der Waals surface area contributed by atoms with Crippen LogP contribution >= 0.6 is 0 Å². The molecular weight excluding hydrogens is 263 g/mol. The molecule has 0 spiro atoms. The topological polar surface area (TPSA) is 70.1 Å². The zero-order chi connectivity index (χ0) is 14.2. The lowest BCUT2D eigenvalue weighted by molar-refractivity contribution is -0.184. The third-order valence-electron chi connectivity index (χ3n) is 3.16. The van der Waals surface area contributed by atoms with E-state index in [1.807, 2.05) is 0 Å². The molecule has 106 valence electrons. The van der Waals surface area contributed by atoms with Crippen LogP contribution in [0, 0.1) is 5.92 Å². The van der Waals surface area contributed by atoms with Crippen LogP contribution in [0.1, 0.15) is 24.0 Å². The second kappa shape index (κ2) is 4.84. The molecule has 1 aromatic heterocycles. The molecule has 0 amide bonds. The number of nitrogens with zero attached hydrogens (tertiary/aromatic N) is 2. The van der Waals surface area contributed by atoms with Crippen molar-refractivity contribution >= 4 is 5.97 Å². The van der Waals surface area contributed by atoms with Crippen LogP contribution in [0.5, 0.6) is 0 Å². The summed E-state index contributed by atoms with van der Waals surface area (Å²) >= 11 is 0. The van der Waals surface area contributed by atoms with E-state index in [-0.39, 0.29) is 19.4 Å². The van der Waals surface area contributed by atoms with Gasteiger partial charge in [-0.1, -0.05) is 0 Å². The number of imidazole rings is 1.